The van der Waals surface area contributed by atoms with Crippen LogP contribution in [-0.4, -0.2) is 14.4 Å². The van der Waals surface area contributed by atoms with E-state index in [1.54, 1.807) is 24.3 Å². The van der Waals surface area contributed by atoms with Gasteiger partial charge in [0.2, 0.25) is 0 Å². The van der Waals surface area contributed by atoms with Crippen LogP contribution in [0.3, 0.4) is 0 Å². The topological polar surface area (TPSA) is 62.5 Å². The van der Waals surface area contributed by atoms with E-state index in [0.717, 1.165) is 22.3 Å². The number of benzene rings is 4. The molecule has 4 nitrogen and oxygen atoms in total. The zero-order valence-electron chi connectivity index (χ0n) is 16.0. The first-order valence-corrected chi connectivity index (χ1v) is 11.1. The van der Waals surface area contributed by atoms with Crippen LogP contribution in [0, 0.1) is 11.6 Å². The molecule has 0 amide bonds. The molecule has 1 aromatic heterocycles. The summed E-state index contributed by atoms with van der Waals surface area (Å²) in [6.45, 7) is 0. The molecule has 0 atom stereocenters. The van der Waals surface area contributed by atoms with Gasteiger partial charge in [0.1, 0.15) is 11.6 Å². The van der Waals surface area contributed by atoms with Gasteiger partial charge in [-0.3, -0.25) is 4.57 Å². The molecule has 0 aliphatic carbocycles. The molecule has 0 bridgehead atoms. The van der Waals surface area contributed by atoms with Crippen LogP contribution in [0.25, 0.3) is 38.6 Å². The highest BCUT2D eigenvalue weighted by Crippen LogP contribution is 2.36. The number of rotatable bonds is 3. The Kier molecular flexibility index (Phi) is 4.52. The van der Waals surface area contributed by atoms with Gasteiger partial charge in [0.25, 0.3) is 0 Å². The van der Waals surface area contributed by atoms with E-state index in [-0.39, 0.29) is 5.30 Å². The van der Waals surface area contributed by atoms with Gasteiger partial charge in [-0.25, -0.2) is 8.78 Å². The molecule has 0 saturated heterocycles. The molecular weight excluding hydrogens is 419 g/mol. The van der Waals surface area contributed by atoms with E-state index in [2.05, 4.69) is 0 Å². The molecule has 1 heterocycles. The molecule has 31 heavy (non-hydrogen) atoms. The number of hydrogen-bond donors (Lipinski definition) is 2. The quantitative estimate of drug-likeness (QED) is 0.366. The highest BCUT2D eigenvalue weighted by Gasteiger charge is 2.17. The second-order valence-electron chi connectivity index (χ2n) is 7.30. The van der Waals surface area contributed by atoms with Crippen LogP contribution in [0.1, 0.15) is 0 Å². The first-order valence-electron chi connectivity index (χ1n) is 9.47. The second kappa shape index (κ2) is 7.13. The lowest BCUT2D eigenvalue weighted by Crippen LogP contribution is -2.03. The van der Waals surface area contributed by atoms with E-state index in [4.69, 9.17) is 0 Å². The molecule has 154 valence electrons. The SMILES string of the molecule is O=P(O)(O)c1cccc(-c2ccc(-n3c4ccc(F)cc4c4cc(F)ccc43)cc2)c1. The number of nitrogens with zero attached hydrogens (tertiary/aromatic N) is 1. The third-order valence-corrected chi connectivity index (χ3v) is 6.28. The fraction of sp³-hybridized carbons (Fsp3) is 0. The Labute approximate surface area is 176 Å². The minimum absolute atomic E-state index is 0.0412. The van der Waals surface area contributed by atoms with Gasteiger partial charge in [-0.15, -0.1) is 0 Å². The maximum atomic E-state index is 13.9. The van der Waals surface area contributed by atoms with Crippen molar-refractivity contribution in [3.8, 4) is 16.8 Å². The molecular formula is C24H16F2NO3P. The van der Waals surface area contributed by atoms with Crippen LogP contribution in [0.5, 0.6) is 0 Å². The van der Waals surface area contributed by atoms with Crippen molar-refractivity contribution in [2.24, 2.45) is 0 Å². The third-order valence-electron chi connectivity index (χ3n) is 5.33. The highest BCUT2D eigenvalue weighted by molar-refractivity contribution is 7.60. The number of fused-ring (bicyclic) bond motifs is 3. The molecule has 0 unspecified atom stereocenters. The smallest absolute Gasteiger partial charge is 0.321 e. The van der Waals surface area contributed by atoms with Crippen molar-refractivity contribution in [2.45, 2.75) is 0 Å². The van der Waals surface area contributed by atoms with E-state index in [0.29, 0.717) is 16.3 Å². The Morgan fingerprint density at radius 1 is 0.677 bits per heavy atom. The summed E-state index contributed by atoms with van der Waals surface area (Å²) in [5.41, 5.74) is 3.76. The monoisotopic (exact) mass is 435 g/mol. The molecule has 7 heteroatoms. The summed E-state index contributed by atoms with van der Waals surface area (Å²) in [7, 11) is -4.34. The number of aromatic nitrogens is 1. The van der Waals surface area contributed by atoms with Gasteiger partial charge in [-0.1, -0.05) is 24.3 Å². The lowest BCUT2D eigenvalue weighted by Gasteiger charge is -2.10. The minimum atomic E-state index is -4.34. The van der Waals surface area contributed by atoms with Crippen molar-refractivity contribution in [2.75, 3.05) is 0 Å². The average Bonchev–Trinajstić information content (AvgIpc) is 3.06. The average molecular weight is 435 g/mol. The third kappa shape index (κ3) is 3.45. The Morgan fingerprint density at radius 2 is 1.26 bits per heavy atom. The Balaban J connectivity index is 1.66. The Bertz CT molecular complexity index is 1440. The van der Waals surface area contributed by atoms with Crippen LogP contribution < -0.4 is 5.30 Å². The molecule has 0 saturated carbocycles. The highest BCUT2D eigenvalue weighted by atomic mass is 31.2. The predicted octanol–water partition coefficient (Wildman–Crippen LogP) is 5.53. The molecule has 0 aliphatic rings. The summed E-state index contributed by atoms with van der Waals surface area (Å²) in [5, 5.41) is 1.20. The van der Waals surface area contributed by atoms with Gasteiger partial charge >= 0.3 is 7.60 Å². The molecule has 0 fully saturated rings. The van der Waals surface area contributed by atoms with Crippen LogP contribution in [0.2, 0.25) is 0 Å². The molecule has 5 rings (SSSR count). The van der Waals surface area contributed by atoms with E-state index < -0.39 is 19.2 Å². The summed E-state index contributed by atoms with van der Waals surface area (Å²) in [4.78, 5) is 18.8. The van der Waals surface area contributed by atoms with Crippen molar-refractivity contribution in [1.82, 2.24) is 4.57 Å². The van der Waals surface area contributed by atoms with Crippen molar-refractivity contribution in [3.63, 3.8) is 0 Å². The Hall–Kier alpha value is -3.31. The molecule has 4 aromatic carbocycles. The lowest BCUT2D eigenvalue weighted by molar-refractivity contribution is 0.387. The maximum absolute atomic E-state index is 13.9. The minimum Gasteiger partial charge on any atom is -0.321 e. The summed E-state index contributed by atoms with van der Waals surface area (Å²) in [5.74, 6) is -0.785. The molecule has 5 aromatic rings. The molecule has 0 spiro atoms. The van der Waals surface area contributed by atoms with Crippen LogP contribution in [0.15, 0.2) is 84.9 Å². The lowest BCUT2D eigenvalue weighted by atomic mass is 10.1. The van der Waals surface area contributed by atoms with E-state index in [1.165, 1.54) is 36.4 Å². The summed E-state index contributed by atoms with van der Waals surface area (Å²) in [6, 6.07) is 22.6. The van der Waals surface area contributed by atoms with E-state index in [9.17, 15) is 23.1 Å². The normalized spacial score (nSPS) is 12.0. The summed E-state index contributed by atoms with van der Waals surface area (Å²) in [6.07, 6.45) is 0. The van der Waals surface area contributed by atoms with E-state index in [1.807, 2.05) is 28.8 Å². The van der Waals surface area contributed by atoms with Crippen LogP contribution in [0.4, 0.5) is 8.78 Å². The predicted molar refractivity (Wildman–Crippen MR) is 118 cm³/mol. The van der Waals surface area contributed by atoms with Crippen molar-refractivity contribution in [1.29, 1.82) is 0 Å². The van der Waals surface area contributed by atoms with Gasteiger partial charge in [-0.05, 0) is 71.8 Å². The summed E-state index contributed by atoms with van der Waals surface area (Å²) < 4.78 is 41.2. The molecule has 0 radical (unpaired) electrons. The largest absolute Gasteiger partial charge is 0.356 e. The fourth-order valence-corrected chi connectivity index (χ4v) is 4.50. The molecule has 0 aliphatic heterocycles. The maximum Gasteiger partial charge on any atom is 0.356 e. The van der Waals surface area contributed by atoms with Gasteiger partial charge in [0, 0.05) is 16.5 Å². The zero-order chi connectivity index (χ0) is 21.8. The van der Waals surface area contributed by atoms with Crippen molar-refractivity contribution >= 4 is 34.7 Å². The number of hydrogen-bond acceptors (Lipinski definition) is 1. The van der Waals surface area contributed by atoms with Gasteiger partial charge in [0.15, 0.2) is 0 Å². The van der Waals surface area contributed by atoms with Gasteiger partial charge in [0.05, 0.1) is 16.3 Å². The molecule has 2 N–H and O–H groups in total. The first-order chi connectivity index (χ1) is 14.8. The number of halogens is 2. The zero-order valence-corrected chi connectivity index (χ0v) is 16.9. The fourth-order valence-electron chi connectivity index (χ4n) is 3.92. The van der Waals surface area contributed by atoms with Gasteiger partial charge in [-0.2, -0.15) is 0 Å². The standard InChI is InChI=1S/C24H16F2NO3P/c25-17-6-10-23-21(13-17)22-14-18(26)7-11-24(22)27(23)19-8-4-15(5-9-19)16-2-1-3-20(12-16)31(28,29)30/h1-14H,(H2,28,29,30). The first kappa shape index (κ1) is 19.6. The Morgan fingerprint density at radius 3 is 1.81 bits per heavy atom. The summed E-state index contributed by atoms with van der Waals surface area (Å²) >= 11 is 0. The van der Waals surface area contributed by atoms with Gasteiger partial charge < -0.3 is 14.4 Å². The van der Waals surface area contributed by atoms with Crippen molar-refractivity contribution < 1.29 is 23.1 Å². The van der Waals surface area contributed by atoms with E-state index >= 15 is 0 Å². The van der Waals surface area contributed by atoms with Crippen molar-refractivity contribution in [3.05, 3.63) is 96.6 Å². The second-order valence-corrected chi connectivity index (χ2v) is 8.90. The van der Waals surface area contributed by atoms with Crippen LogP contribution in [-0.2, 0) is 4.57 Å². The van der Waals surface area contributed by atoms with Crippen LogP contribution >= 0.6 is 7.60 Å².